The zero-order chi connectivity index (χ0) is 31.0. The fourth-order valence-electron chi connectivity index (χ4n) is 5.34. The molecule has 0 aliphatic rings. The molecule has 0 bridgehead atoms. The van der Waals surface area contributed by atoms with E-state index in [9.17, 15) is 23.1 Å². The number of alkyl halides is 3. The van der Waals surface area contributed by atoms with Gasteiger partial charge in [-0.15, -0.1) is 13.2 Å². The van der Waals surface area contributed by atoms with Gasteiger partial charge in [-0.25, -0.2) is 4.79 Å². The number of nitrogens with zero attached hydrogens (tertiary/aromatic N) is 2. The van der Waals surface area contributed by atoms with E-state index in [0.29, 0.717) is 44.9 Å². The largest absolute Gasteiger partial charge is 0.573 e. The topological polar surface area (TPSA) is 86.7 Å². The van der Waals surface area contributed by atoms with Crippen molar-refractivity contribution in [3.63, 3.8) is 0 Å². The third kappa shape index (κ3) is 6.07. The van der Waals surface area contributed by atoms with Crippen LogP contribution in [0.5, 0.6) is 11.5 Å². The van der Waals surface area contributed by atoms with Gasteiger partial charge in [-0.3, -0.25) is 4.57 Å². The van der Waals surface area contributed by atoms with Crippen LogP contribution in [0.25, 0.3) is 27.7 Å². The highest BCUT2D eigenvalue weighted by Gasteiger charge is 2.31. The van der Waals surface area contributed by atoms with Crippen LogP contribution in [0.2, 0.25) is 5.02 Å². The highest BCUT2D eigenvalue weighted by Crippen LogP contribution is 2.37. The number of carboxylic acid groups (broad SMARTS) is 1. The fraction of sp³-hybridized carbons (Fsp3) is 0.152. The number of para-hydroxylation sites is 1. The van der Waals surface area contributed by atoms with Gasteiger partial charge >= 0.3 is 12.3 Å². The number of aliphatic carboxylic acids is 1. The van der Waals surface area contributed by atoms with Crippen LogP contribution in [0.15, 0.2) is 95.5 Å². The van der Waals surface area contributed by atoms with Gasteiger partial charge in [0.15, 0.2) is 17.5 Å². The van der Waals surface area contributed by atoms with Gasteiger partial charge in [0.2, 0.25) is 0 Å². The number of fused-ring (bicyclic) bond motifs is 2. The molecule has 0 saturated carbocycles. The maximum Gasteiger partial charge on any atom is 0.573 e. The van der Waals surface area contributed by atoms with Crippen LogP contribution in [0.4, 0.5) is 13.2 Å². The molecule has 44 heavy (non-hydrogen) atoms. The lowest BCUT2D eigenvalue weighted by atomic mass is 9.98. The summed E-state index contributed by atoms with van der Waals surface area (Å²) < 4.78 is 56.7. The Morgan fingerprint density at radius 3 is 2.48 bits per heavy atom. The predicted octanol–water partition coefficient (Wildman–Crippen LogP) is 8.30. The number of aromatic nitrogens is 2. The van der Waals surface area contributed by atoms with Gasteiger partial charge < -0.3 is 19.1 Å². The Labute approximate surface area is 254 Å². The second-order valence-corrected chi connectivity index (χ2v) is 10.7. The first kappa shape index (κ1) is 29.1. The van der Waals surface area contributed by atoms with Crippen molar-refractivity contribution in [1.29, 1.82) is 0 Å². The minimum absolute atomic E-state index is 0.107. The van der Waals surface area contributed by atoms with Crippen molar-refractivity contribution in [2.24, 2.45) is 0 Å². The standard InChI is InChI=1S/C33H24ClF3N2O5/c1-19-26(15-20-6-5-7-21(14-20)16-30(32(40)41)42-23-8-3-2-4-9-23)27-18-24(43-33(35,36)37)11-13-28(27)39(19)31-25-12-10-22(34)17-29(25)44-38-31/h2-14,17-18,30H,15-16H2,1H3,(H,40,41). The second-order valence-electron chi connectivity index (χ2n) is 10.2. The zero-order valence-corrected chi connectivity index (χ0v) is 23.9. The van der Waals surface area contributed by atoms with Gasteiger partial charge in [-0.05, 0) is 72.5 Å². The van der Waals surface area contributed by atoms with Crippen LogP contribution in [0, 0.1) is 6.92 Å². The molecule has 2 heterocycles. The lowest BCUT2D eigenvalue weighted by molar-refractivity contribution is -0.274. The van der Waals surface area contributed by atoms with E-state index >= 15 is 0 Å². The molecule has 0 aliphatic carbocycles. The summed E-state index contributed by atoms with van der Waals surface area (Å²) >= 11 is 6.13. The van der Waals surface area contributed by atoms with Crippen molar-refractivity contribution in [3.05, 3.63) is 118 Å². The molecule has 1 unspecified atom stereocenters. The van der Waals surface area contributed by atoms with Crippen molar-refractivity contribution in [2.75, 3.05) is 0 Å². The molecular formula is C33H24ClF3N2O5. The molecular weight excluding hydrogens is 597 g/mol. The fourth-order valence-corrected chi connectivity index (χ4v) is 5.50. The van der Waals surface area contributed by atoms with Crippen LogP contribution in [0.1, 0.15) is 22.4 Å². The van der Waals surface area contributed by atoms with Crippen LogP contribution < -0.4 is 9.47 Å². The first-order chi connectivity index (χ1) is 21.1. The minimum Gasteiger partial charge on any atom is -0.478 e. The minimum atomic E-state index is -4.86. The highest BCUT2D eigenvalue weighted by atomic mass is 35.5. The van der Waals surface area contributed by atoms with Crippen molar-refractivity contribution in [2.45, 2.75) is 32.2 Å². The van der Waals surface area contributed by atoms with E-state index in [-0.39, 0.29) is 12.2 Å². The second kappa shape index (κ2) is 11.6. The first-order valence-corrected chi connectivity index (χ1v) is 13.9. The van der Waals surface area contributed by atoms with Crippen LogP contribution in [-0.2, 0) is 17.6 Å². The summed E-state index contributed by atoms with van der Waals surface area (Å²) in [6.07, 6.45) is -5.54. The molecule has 6 rings (SSSR count). The monoisotopic (exact) mass is 620 g/mol. The molecule has 1 N–H and O–H groups in total. The third-order valence-corrected chi connectivity index (χ3v) is 7.49. The Bertz CT molecular complexity index is 1990. The first-order valence-electron chi connectivity index (χ1n) is 13.5. The molecule has 0 spiro atoms. The summed E-state index contributed by atoms with van der Waals surface area (Å²) in [6, 6.07) is 25.4. The molecule has 0 radical (unpaired) electrons. The number of carboxylic acids is 1. The Morgan fingerprint density at radius 2 is 1.73 bits per heavy atom. The summed E-state index contributed by atoms with van der Waals surface area (Å²) in [5.41, 5.74) is 4.10. The Hall–Kier alpha value is -4.96. The Balaban J connectivity index is 1.40. The van der Waals surface area contributed by atoms with E-state index in [4.69, 9.17) is 20.9 Å². The van der Waals surface area contributed by atoms with Gasteiger partial charge in [0.1, 0.15) is 11.5 Å². The molecule has 0 fully saturated rings. The van der Waals surface area contributed by atoms with Crippen molar-refractivity contribution in [1.82, 2.24) is 9.72 Å². The summed E-state index contributed by atoms with van der Waals surface area (Å²) in [5, 5.41) is 15.8. The number of carbonyl (C=O) groups is 1. The van der Waals surface area contributed by atoms with E-state index in [0.717, 1.165) is 22.4 Å². The van der Waals surface area contributed by atoms with Gasteiger partial charge in [-0.1, -0.05) is 59.2 Å². The Kier molecular flexibility index (Phi) is 7.69. The van der Waals surface area contributed by atoms with Gasteiger partial charge in [0, 0.05) is 28.6 Å². The molecule has 0 aliphatic heterocycles. The molecule has 11 heteroatoms. The van der Waals surface area contributed by atoms with Gasteiger partial charge in [0.05, 0.1) is 10.9 Å². The summed E-state index contributed by atoms with van der Waals surface area (Å²) in [4.78, 5) is 12.0. The lowest BCUT2D eigenvalue weighted by Crippen LogP contribution is -2.29. The quantitative estimate of drug-likeness (QED) is 0.175. The van der Waals surface area contributed by atoms with Crippen molar-refractivity contribution >= 4 is 39.4 Å². The molecule has 224 valence electrons. The average Bonchev–Trinajstić information content (AvgIpc) is 3.49. The maximum atomic E-state index is 13.1. The molecule has 1 atom stereocenters. The van der Waals surface area contributed by atoms with Crippen molar-refractivity contribution in [3.8, 4) is 17.3 Å². The average molecular weight is 621 g/mol. The van der Waals surface area contributed by atoms with E-state index in [1.54, 1.807) is 48.5 Å². The summed E-state index contributed by atoms with van der Waals surface area (Å²) in [6.45, 7) is 1.86. The number of hydrogen-bond acceptors (Lipinski definition) is 5. The van der Waals surface area contributed by atoms with Crippen LogP contribution >= 0.6 is 11.6 Å². The van der Waals surface area contributed by atoms with Crippen LogP contribution in [-0.4, -0.2) is 33.3 Å². The van der Waals surface area contributed by atoms with Gasteiger partial charge in [-0.2, -0.15) is 0 Å². The molecule has 0 saturated heterocycles. The smallest absolute Gasteiger partial charge is 0.478 e. The molecule has 4 aromatic carbocycles. The van der Waals surface area contributed by atoms with Crippen LogP contribution in [0.3, 0.4) is 0 Å². The third-order valence-electron chi connectivity index (χ3n) is 7.26. The highest BCUT2D eigenvalue weighted by molar-refractivity contribution is 6.31. The van der Waals surface area contributed by atoms with Gasteiger partial charge in [0.25, 0.3) is 0 Å². The molecule has 2 aromatic heterocycles. The lowest BCUT2D eigenvalue weighted by Gasteiger charge is -2.16. The maximum absolute atomic E-state index is 13.1. The summed E-state index contributed by atoms with van der Waals surface area (Å²) in [7, 11) is 0. The zero-order valence-electron chi connectivity index (χ0n) is 23.1. The summed E-state index contributed by atoms with van der Waals surface area (Å²) in [5.74, 6) is -0.544. The number of ether oxygens (including phenoxy) is 2. The molecule has 7 nitrogen and oxygen atoms in total. The number of halogens is 4. The molecule has 0 amide bonds. The van der Waals surface area contributed by atoms with E-state index in [1.165, 1.54) is 12.1 Å². The number of benzene rings is 4. The molecule has 6 aromatic rings. The Morgan fingerprint density at radius 1 is 0.955 bits per heavy atom. The normalized spacial score (nSPS) is 12.5. The number of hydrogen-bond donors (Lipinski definition) is 1. The van der Waals surface area contributed by atoms with E-state index in [2.05, 4.69) is 9.89 Å². The van der Waals surface area contributed by atoms with Crippen molar-refractivity contribution < 1.29 is 37.1 Å². The van der Waals surface area contributed by atoms with E-state index < -0.39 is 18.4 Å². The van der Waals surface area contributed by atoms with E-state index in [1.807, 2.05) is 41.8 Å². The number of rotatable bonds is 9. The predicted molar refractivity (Wildman–Crippen MR) is 159 cm³/mol. The SMILES string of the molecule is Cc1c(Cc2cccc(CC(Oc3ccccc3)C(=O)O)c2)c2cc(OC(F)(F)F)ccc2n1-c1noc2cc(Cl)ccc12.